The molecule has 0 N–H and O–H groups in total. The highest BCUT2D eigenvalue weighted by Crippen LogP contribution is 2.50. The van der Waals surface area contributed by atoms with E-state index in [0.717, 1.165) is 6.42 Å². The maximum absolute atomic E-state index is 12.0. The zero-order valence-corrected chi connectivity index (χ0v) is 15.7. The first-order valence-electron chi connectivity index (χ1n) is 9.16. The third-order valence-corrected chi connectivity index (χ3v) is 11.3. The monoisotopic (exact) mass is 310 g/mol. The predicted molar refractivity (Wildman–Crippen MR) is 90.9 cm³/mol. The van der Waals surface area contributed by atoms with Crippen LogP contribution in [0.2, 0.25) is 18.1 Å². The van der Waals surface area contributed by atoms with Gasteiger partial charge in [0.25, 0.3) is 0 Å². The average Bonchev–Trinajstić information content (AvgIpc) is 2.93. The van der Waals surface area contributed by atoms with Crippen LogP contribution in [-0.4, -0.2) is 20.2 Å². The van der Waals surface area contributed by atoms with Crippen LogP contribution in [0.4, 0.5) is 0 Å². The summed E-state index contributed by atoms with van der Waals surface area (Å²) in [6.07, 6.45) is 5.24. The molecule has 0 amide bonds. The molecule has 0 saturated heterocycles. The Morgan fingerprint density at radius 3 is 2.19 bits per heavy atom. The summed E-state index contributed by atoms with van der Waals surface area (Å²) in [6.45, 7) is 11.1. The van der Waals surface area contributed by atoms with Gasteiger partial charge in [-0.2, -0.15) is 0 Å². The summed E-state index contributed by atoms with van der Waals surface area (Å²) in [4.78, 5) is 12.0. The standard InChI is InChI=1S/C18H34O2Si/c1-6-21(7-2,8-3)20-17-12-9-13(4)18-15(14(5)19)10-11-16(17)18/h13,15-18H,6-12H2,1-5H3/t13-,15?,16?,17?,18?/m0/s1. The molecule has 2 saturated carbocycles. The van der Waals surface area contributed by atoms with Gasteiger partial charge in [0.1, 0.15) is 5.78 Å². The summed E-state index contributed by atoms with van der Waals surface area (Å²) in [5, 5.41) is 0. The Kier molecular flexibility index (Phi) is 5.69. The first-order chi connectivity index (χ1) is 9.98. The minimum Gasteiger partial charge on any atom is -0.414 e. The lowest BCUT2D eigenvalue weighted by molar-refractivity contribution is -0.123. The molecule has 5 atom stereocenters. The van der Waals surface area contributed by atoms with Gasteiger partial charge in [-0.15, -0.1) is 0 Å². The largest absolute Gasteiger partial charge is 0.414 e. The Labute approximate surface area is 132 Å². The van der Waals surface area contributed by atoms with Crippen LogP contribution in [0, 0.1) is 23.7 Å². The second-order valence-corrected chi connectivity index (χ2v) is 12.2. The zero-order valence-electron chi connectivity index (χ0n) is 14.7. The number of carbonyl (C=O) groups is 1. The Hall–Kier alpha value is -0.153. The lowest BCUT2D eigenvalue weighted by atomic mass is 9.69. The molecule has 0 aromatic carbocycles. The summed E-state index contributed by atoms with van der Waals surface area (Å²) in [5.74, 6) is 2.68. The van der Waals surface area contributed by atoms with Crippen molar-refractivity contribution in [3.63, 3.8) is 0 Å². The van der Waals surface area contributed by atoms with E-state index >= 15 is 0 Å². The van der Waals surface area contributed by atoms with Crippen LogP contribution in [0.15, 0.2) is 0 Å². The van der Waals surface area contributed by atoms with Crippen molar-refractivity contribution >= 4 is 14.1 Å². The molecule has 21 heavy (non-hydrogen) atoms. The predicted octanol–water partition coefficient (Wildman–Crippen LogP) is 5.04. The van der Waals surface area contributed by atoms with E-state index in [1.165, 1.54) is 37.4 Å². The van der Waals surface area contributed by atoms with Gasteiger partial charge >= 0.3 is 0 Å². The normalized spacial score (nSPS) is 36.5. The average molecular weight is 311 g/mol. The van der Waals surface area contributed by atoms with Crippen LogP contribution in [-0.2, 0) is 9.22 Å². The van der Waals surface area contributed by atoms with E-state index in [1.54, 1.807) is 6.92 Å². The van der Waals surface area contributed by atoms with Crippen molar-refractivity contribution in [2.24, 2.45) is 23.7 Å². The number of rotatable bonds is 6. The Morgan fingerprint density at radius 2 is 1.67 bits per heavy atom. The number of Topliss-reactive ketones (excluding diaryl/α,β-unsaturated/α-hetero) is 1. The molecule has 2 fully saturated rings. The first-order valence-corrected chi connectivity index (χ1v) is 11.7. The Balaban J connectivity index is 2.14. The summed E-state index contributed by atoms with van der Waals surface area (Å²) in [6, 6.07) is 3.71. The molecule has 0 aromatic rings. The highest BCUT2D eigenvalue weighted by atomic mass is 28.4. The Morgan fingerprint density at radius 1 is 1.05 bits per heavy atom. The van der Waals surface area contributed by atoms with Crippen LogP contribution >= 0.6 is 0 Å². The molecule has 2 aliphatic rings. The fourth-order valence-corrected chi connectivity index (χ4v) is 8.02. The van der Waals surface area contributed by atoms with Gasteiger partial charge in [0.15, 0.2) is 8.32 Å². The van der Waals surface area contributed by atoms with E-state index < -0.39 is 8.32 Å². The van der Waals surface area contributed by atoms with Crippen LogP contribution in [0.1, 0.15) is 60.3 Å². The van der Waals surface area contributed by atoms with Gasteiger partial charge in [-0.05, 0) is 68.5 Å². The van der Waals surface area contributed by atoms with Crippen molar-refractivity contribution in [2.75, 3.05) is 0 Å². The van der Waals surface area contributed by atoms with Crippen LogP contribution in [0.3, 0.4) is 0 Å². The van der Waals surface area contributed by atoms with Gasteiger partial charge in [0.05, 0.1) is 0 Å². The smallest absolute Gasteiger partial charge is 0.192 e. The molecule has 122 valence electrons. The molecular formula is C18H34O2Si. The lowest BCUT2D eigenvalue weighted by Crippen LogP contribution is -2.46. The van der Waals surface area contributed by atoms with Crippen molar-refractivity contribution in [1.82, 2.24) is 0 Å². The fraction of sp³-hybridized carbons (Fsp3) is 0.944. The van der Waals surface area contributed by atoms with Gasteiger partial charge in [-0.3, -0.25) is 4.79 Å². The highest BCUT2D eigenvalue weighted by molar-refractivity contribution is 6.73. The van der Waals surface area contributed by atoms with Crippen molar-refractivity contribution in [2.45, 2.75) is 84.5 Å². The van der Waals surface area contributed by atoms with Gasteiger partial charge in [0, 0.05) is 12.0 Å². The van der Waals surface area contributed by atoms with Crippen molar-refractivity contribution in [3.05, 3.63) is 0 Å². The summed E-state index contributed by atoms with van der Waals surface area (Å²) in [5.41, 5.74) is 0. The molecule has 2 nitrogen and oxygen atoms in total. The van der Waals surface area contributed by atoms with Crippen LogP contribution in [0.5, 0.6) is 0 Å². The Bertz CT molecular complexity index is 356. The van der Waals surface area contributed by atoms with Gasteiger partial charge in [-0.25, -0.2) is 0 Å². The van der Waals surface area contributed by atoms with E-state index in [9.17, 15) is 4.79 Å². The van der Waals surface area contributed by atoms with E-state index in [4.69, 9.17) is 4.43 Å². The van der Waals surface area contributed by atoms with Crippen molar-refractivity contribution in [1.29, 1.82) is 0 Å². The molecular weight excluding hydrogens is 276 g/mol. The van der Waals surface area contributed by atoms with E-state index in [1.807, 2.05) is 0 Å². The quantitative estimate of drug-likeness (QED) is 0.643. The van der Waals surface area contributed by atoms with E-state index in [2.05, 4.69) is 27.7 Å². The van der Waals surface area contributed by atoms with Crippen LogP contribution < -0.4 is 0 Å². The number of carbonyl (C=O) groups excluding carboxylic acids is 1. The third kappa shape index (κ3) is 3.29. The van der Waals surface area contributed by atoms with Crippen molar-refractivity contribution in [3.8, 4) is 0 Å². The second kappa shape index (κ2) is 6.95. The van der Waals surface area contributed by atoms with Gasteiger partial charge < -0.3 is 4.43 Å². The molecule has 0 aliphatic heterocycles. The number of hydrogen-bond acceptors (Lipinski definition) is 2. The molecule has 4 unspecified atom stereocenters. The summed E-state index contributed by atoms with van der Waals surface area (Å²) >= 11 is 0. The fourth-order valence-electron chi connectivity index (χ4n) is 5.08. The van der Waals surface area contributed by atoms with Crippen LogP contribution in [0.25, 0.3) is 0 Å². The third-order valence-electron chi connectivity index (χ3n) is 6.67. The van der Waals surface area contributed by atoms with Gasteiger partial charge in [-0.1, -0.05) is 27.7 Å². The molecule has 0 heterocycles. The number of hydrogen-bond donors (Lipinski definition) is 0. The number of fused-ring (bicyclic) bond motifs is 1. The first kappa shape index (κ1) is 17.2. The zero-order chi connectivity index (χ0) is 15.6. The molecule has 3 heteroatoms. The molecule has 2 rings (SSSR count). The van der Waals surface area contributed by atoms with Crippen molar-refractivity contribution < 1.29 is 9.22 Å². The summed E-state index contributed by atoms with van der Waals surface area (Å²) < 4.78 is 6.84. The SMILES string of the molecule is CC[Si](CC)(CC)OC1CC[C@H](C)C2C(C(C)=O)CCC12. The minimum absolute atomic E-state index is 0.317. The second-order valence-electron chi connectivity index (χ2n) is 7.49. The van der Waals surface area contributed by atoms with E-state index in [-0.39, 0.29) is 0 Å². The summed E-state index contributed by atoms with van der Waals surface area (Å²) in [7, 11) is -1.52. The number of ketones is 1. The maximum atomic E-state index is 12.0. The lowest BCUT2D eigenvalue weighted by Gasteiger charge is -2.44. The maximum Gasteiger partial charge on any atom is 0.192 e. The molecule has 0 bridgehead atoms. The molecule has 0 spiro atoms. The van der Waals surface area contributed by atoms with Gasteiger partial charge in [0.2, 0.25) is 0 Å². The molecule has 0 aromatic heterocycles. The topological polar surface area (TPSA) is 26.3 Å². The highest BCUT2D eigenvalue weighted by Gasteiger charge is 2.49. The van der Waals surface area contributed by atoms with E-state index in [0.29, 0.717) is 35.6 Å². The minimum atomic E-state index is -1.52. The molecule has 0 radical (unpaired) electrons. The molecule has 2 aliphatic carbocycles.